The molecule has 1 heterocycles. The van der Waals surface area contributed by atoms with Gasteiger partial charge in [-0.15, -0.1) is 0 Å². The number of hydrogen-bond acceptors (Lipinski definition) is 2. The molecule has 2 aromatic rings. The number of rotatable bonds is 2. The van der Waals surface area contributed by atoms with Crippen LogP contribution in [0.3, 0.4) is 0 Å². The molecule has 0 aliphatic carbocycles. The van der Waals surface area contributed by atoms with Gasteiger partial charge in [-0.1, -0.05) is 11.6 Å². The van der Waals surface area contributed by atoms with E-state index >= 15 is 0 Å². The van der Waals surface area contributed by atoms with E-state index in [2.05, 4.69) is 4.98 Å². The van der Waals surface area contributed by atoms with E-state index in [0.717, 1.165) is 0 Å². The molecule has 0 saturated heterocycles. The molecule has 16 heavy (non-hydrogen) atoms. The lowest BCUT2D eigenvalue weighted by atomic mass is 10.1. The van der Waals surface area contributed by atoms with Crippen LogP contribution in [0.1, 0.15) is 27.8 Å². The van der Waals surface area contributed by atoms with Crippen molar-refractivity contribution in [3.63, 3.8) is 0 Å². The maximum absolute atomic E-state index is 11.3. The standard InChI is InChI=1S/C11H8ClNO3/c1-5(14)10-9(11(15)16)7-4-6(12)2-3-8(7)13-10/h2-4,13H,1H3,(H,15,16). The first-order valence-corrected chi connectivity index (χ1v) is 4.94. The van der Waals surface area contributed by atoms with Crippen LogP contribution in [0.5, 0.6) is 0 Å². The molecule has 0 atom stereocenters. The Bertz CT molecular complexity index is 601. The van der Waals surface area contributed by atoms with Crippen LogP contribution in [0.25, 0.3) is 10.9 Å². The third kappa shape index (κ3) is 1.57. The van der Waals surface area contributed by atoms with Gasteiger partial charge < -0.3 is 10.1 Å². The zero-order valence-corrected chi connectivity index (χ0v) is 9.13. The molecule has 82 valence electrons. The van der Waals surface area contributed by atoms with E-state index in [-0.39, 0.29) is 17.0 Å². The molecular formula is C11H8ClNO3. The number of aromatic nitrogens is 1. The topological polar surface area (TPSA) is 70.2 Å². The molecule has 5 heteroatoms. The van der Waals surface area contributed by atoms with E-state index in [1.54, 1.807) is 12.1 Å². The minimum absolute atomic E-state index is 0.0231. The fourth-order valence-corrected chi connectivity index (χ4v) is 1.82. The molecule has 1 aromatic carbocycles. The van der Waals surface area contributed by atoms with Crippen LogP contribution in [0.2, 0.25) is 5.02 Å². The zero-order valence-electron chi connectivity index (χ0n) is 8.37. The SMILES string of the molecule is CC(=O)c1[nH]c2ccc(Cl)cc2c1C(=O)O. The quantitative estimate of drug-likeness (QED) is 0.789. The Labute approximate surface area is 95.8 Å². The Morgan fingerprint density at radius 1 is 1.38 bits per heavy atom. The summed E-state index contributed by atoms with van der Waals surface area (Å²) >= 11 is 5.79. The third-order valence-electron chi connectivity index (χ3n) is 2.33. The number of carboxylic acid groups (broad SMARTS) is 1. The lowest BCUT2D eigenvalue weighted by molar-refractivity contribution is 0.0694. The van der Waals surface area contributed by atoms with Gasteiger partial charge in [-0.2, -0.15) is 0 Å². The van der Waals surface area contributed by atoms with Crippen molar-refractivity contribution in [3.8, 4) is 0 Å². The van der Waals surface area contributed by atoms with Crippen molar-refractivity contribution in [1.29, 1.82) is 0 Å². The number of nitrogens with one attached hydrogen (secondary N) is 1. The third-order valence-corrected chi connectivity index (χ3v) is 2.56. The van der Waals surface area contributed by atoms with Crippen LogP contribution in [0.4, 0.5) is 0 Å². The number of ketones is 1. The van der Waals surface area contributed by atoms with Gasteiger partial charge in [-0.25, -0.2) is 4.79 Å². The number of fused-ring (bicyclic) bond motifs is 1. The highest BCUT2D eigenvalue weighted by atomic mass is 35.5. The normalized spacial score (nSPS) is 10.6. The maximum Gasteiger partial charge on any atom is 0.338 e. The van der Waals surface area contributed by atoms with E-state index in [0.29, 0.717) is 15.9 Å². The van der Waals surface area contributed by atoms with Crippen molar-refractivity contribution in [2.75, 3.05) is 0 Å². The number of benzene rings is 1. The summed E-state index contributed by atoms with van der Waals surface area (Å²) in [6.45, 7) is 1.32. The summed E-state index contributed by atoms with van der Waals surface area (Å²) in [4.78, 5) is 25.2. The second kappa shape index (κ2) is 3.64. The fourth-order valence-electron chi connectivity index (χ4n) is 1.65. The van der Waals surface area contributed by atoms with Gasteiger partial charge in [0.25, 0.3) is 0 Å². The van der Waals surface area contributed by atoms with Crippen molar-refractivity contribution in [2.24, 2.45) is 0 Å². The average Bonchev–Trinajstić information content (AvgIpc) is 2.55. The molecule has 0 spiro atoms. The Morgan fingerprint density at radius 3 is 2.62 bits per heavy atom. The van der Waals surface area contributed by atoms with Crippen LogP contribution in [0, 0.1) is 0 Å². The maximum atomic E-state index is 11.3. The molecule has 0 aliphatic rings. The van der Waals surface area contributed by atoms with Crippen LogP contribution in [-0.2, 0) is 0 Å². The summed E-state index contributed by atoms with van der Waals surface area (Å²) in [6.07, 6.45) is 0. The van der Waals surface area contributed by atoms with Gasteiger partial charge in [0, 0.05) is 22.8 Å². The van der Waals surface area contributed by atoms with Crippen molar-refractivity contribution in [3.05, 3.63) is 34.5 Å². The predicted octanol–water partition coefficient (Wildman–Crippen LogP) is 2.72. The number of hydrogen-bond donors (Lipinski definition) is 2. The number of H-pyrrole nitrogens is 1. The summed E-state index contributed by atoms with van der Waals surface area (Å²) in [5, 5.41) is 9.96. The summed E-state index contributed by atoms with van der Waals surface area (Å²) < 4.78 is 0. The van der Waals surface area contributed by atoms with Crippen LogP contribution >= 0.6 is 11.6 Å². The van der Waals surface area contributed by atoms with Gasteiger partial charge >= 0.3 is 5.97 Å². The molecule has 0 amide bonds. The lowest BCUT2D eigenvalue weighted by Crippen LogP contribution is -2.04. The highest BCUT2D eigenvalue weighted by Gasteiger charge is 2.20. The monoisotopic (exact) mass is 237 g/mol. The first kappa shape index (κ1) is 10.7. The minimum atomic E-state index is -1.14. The fraction of sp³-hybridized carbons (Fsp3) is 0.0909. The van der Waals surface area contributed by atoms with Gasteiger partial charge in [-0.3, -0.25) is 4.79 Å². The summed E-state index contributed by atoms with van der Waals surface area (Å²) in [7, 11) is 0. The highest BCUT2D eigenvalue weighted by molar-refractivity contribution is 6.31. The number of carboxylic acids is 1. The summed E-state index contributed by atoms with van der Waals surface area (Å²) in [5.74, 6) is -1.46. The molecule has 0 saturated carbocycles. The number of Topliss-reactive ketones (excluding diaryl/α,β-unsaturated/α-hetero) is 1. The molecule has 1 aromatic heterocycles. The molecule has 0 radical (unpaired) electrons. The number of aromatic carboxylic acids is 1. The van der Waals surface area contributed by atoms with E-state index < -0.39 is 5.97 Å². The van der Waals surface area contributed by atoms with Crippen LogP contribution < -0.4 is 0 Å². The Balaban J connectivity index is 2.88. The average molecular weight is 238 g/mol. The molecule has 2 rings (SSSR count). The predicted molar refractivity (Wildman–Crippen MR) is 60.3 cm³/mol. The second-order valence-corrected chi connectivity index (χ2v) is 3.86. The largest absolute Gasteiger partial charge is 0.478 e. The van der Waals surface area contributed by atoms with E-state index in [4.69, 9.17) is 16.7 Å². The highest BCUT2D eigenvalue weighted by Crippen LogP contribution is 2.25. The molecule has 4 nitrogen and oxygen atoms in total. The summed E-state index contributed by atoms with van der Waals surface area (Å²) in [5.41, 5.74) is 0.668. The molecule has 0 bridgehead atoms. The van der Waals surface area contributed by atoms with Gasteiger partial charge in [0.05, 0.1) is 11.3 Å². The number of carbonyl (C=O) groups excluding carboxylic acids is 1. The van der Waals surface area contributed by atoms with Gasteiger partial charge in [-0.05, 0) is 18.2 Å². The van der Waals surface area contributed by atoms with Gasteiger partial charge in [0.1, 0.15) is 0 Å². The van der Waals surface area contributed by atoms with Crippen molar-refractivity contribution in [2.45, 2.75) is 6.92 Å². The van der Waals surface area contributed by atoms with Gasteiger partial charge in [0.2, 0.25) is 0 Å². The van der Waals surface area contributed by atoms with Crippen molar-refractivity contribution >= 4 is 34.3 Å². The Morgan fingerprint density at radius 2 is 2.06 bits per heavy atom. The Hall–Kier alpha value is -1.81. The van der Waals surface area contributed by atoms with Crippen LogP contribution in [-0.4, -0.2) is 21.8 Å². The molecule has 0 aliphatic heterocycles. The molecule has 0 fully saturated rings. The zero-order chi connectivity index (χ0) is 11.9. The van der Waals surface area contributed by atoms with Crippen LogP contribution in [0.15, 0.2) is 18.2 Å². The number of halogens is 1. The van der Waals surface area contributed by atoms with E-state index in [9.17, 15) is 9.59 Å². The van der Waals surface area contributed by atoms with E-state index in [1.165, 1.54) is 13.0 Å². The molecule has 0 unspecified atom stereocenters. The van der Waals surface area contributed by atoms with Crippen molar-refractivity contribution in [1.82, 2.24) is 4.98 Å². The molecule has 2 N–H and O–H groups in total. The van der Waals surface area contributed by atoms with Gasteiger partial charge in [0.15, 0.2) is 5.78 Å². The lowest BCUT2D eigenvalue weighted by Gasteiger charge is -1.95. The smallest absolute Gasteiger partial charge is 0.338 e. The van der Waals surface area contributed by atoms with E-state index in [1.807, 2.05) is 0 Å². The second-order valence-electron chi connectivity index (χ2n) is 3.43. The number of aromatic amines is 1. The first-order valence-electron chi connectivity index (χ1n) is 4.56. The Kier molecular flexibility index (Phi) is 2.44. The number of carbonyl (C=O) groups is 2. The minimum Gasteiger partial charge on any atom is -0.478 e. The van der Waals surface area contributed by atoms with Crippen molar-refractivity contribution < 1.29 is 14.7 Å². The molecular weight excluding hydrogens is 230 g/mol. The summed E-state index contributed by atoms with van der Waals surface area (Å²) in [6, 6.07) is 4.82. The first-order chi connectivity index (χ1) is 7.50.